The second kappa shape index (κ2) is 6.92. The number of halogens is 1. The van der Waals surface area contributed by atoms with E-state index in [0.29, 0.717) is 31.3 Å². The molecule has 1 N–H and O–H groups in total. The molecule has 2 aromatic rings. The molecule has 0 aliphatic heterocycles. The van der Waals surface area contributed by atoms with Crippen molar-refractivity contribution in [2.24, 2.45) is 0 Å². The third kappa shape index (κ3) is 3.28. The van der Waals surface area contributed by atoms with Crippen molar-refractivity contribution in [3.8, 4) is 11.4 Å². The fourth-order valence-electron chi connectivity index (χ4n) is 1.66. The quantitative estimate of drug-likeness (QED) is 0.747. The summed E-state index contributed by atoms with van der Waals surface area (Å²) in [6.45, 7) is 1.64. The van der Waals surface area contributed by atoms with Crippen molar-refractivity contribution in [1.82, 2.24) is 25.5 Å². The molecule has 1 heterocycles. The van der Waals surface area contributed by atoms with Gasteiger partial charge in [0.25, 0.3) is 0 Å². The lowest BCUT2D eigenvalue weighted by Crippen LogP contribution is -2.21. The van der Waals surface area contributed by atoms with Crippen molar-refractivity contribution in [3.05, 3.63) is 29.8 Å². The van der Waals surface area contributed by atoms with Crippen LogP contribution in [0.2, 0.25) is 0 Å². The summed E-state index contributed by atoms with van der Waals surface area (Å²) in [6, 6.07) is 4.40. The summed E-state index contributed by atoms with van der Waals surface area (Å²) >= 11 is 0. The number of benzene rings is 1. The number of ether oxygens (including phenoxy) is 2. The molecule has 1 aromatic carbocycles. The second-order valence-electron chi connectivity index (χ2n) is 3.99. The molecule has 8 heteroatoms. The Bertz CT molecular complexity index is 561. The van der Waals surface area contributed by atoms with Gasteiger partial charge in [0.2, 0.25) is 0 Å². The van der Waals surface area contributed by atoms with E-state index in [1.165, 1.54) is 17.9 Å². The molecule has 20 heavy (non-hydrogen) atoms. The Kier molecular flexibility index (Phi) is 4.97. The van der Waals surface area contributed by atoms with Crippen molar-refractivity contribution < 1.29 is 13.9 Å². The zero-order valence-corrected chi connectivity index (χ0v) is 11.3. The summed E-state index contributed by atoms with van der Waals surface area (Å²) in [5.74, 6) is 0.625. The van der Waals surface area contributed by atoms with Crippen molar-refractivity contribution in [1.29, 1.82) is 0 Å². The minimum atomic E-state index is -0.420. The third-order valence-electron chi connectivity index (χ3n) is 2.68. The van der Waals surface area contributed by atoms with Crippen LogP contribution >= 0.6 is 0 Å². The highest BCUT2D eigenvalue weighted by Crippen LogP contribution is 2.20. The molecule has 0 spiro atoms. The highest BCUT2D eigenvalue weighted by atomic mass is 19.1. The molecule has 0 saturated carbocycles. The monoisotopic (exact) mass is 281 g/mol. The van der Waals surface area contributed by atoms with Gasteiger partial charge in [-0.3, -0.25) is 0 Å². The molecule has 0 bridgehead atoms. The van der Waals surface area contributed by atoms with Crippen molar-refractivity contribution in [2.75, 3.05) is 27.4 Å². The average Bonchev–Trinajstić information content (AvgIpc) is 2.92. The van der Waals surface area contributed by atoms with Crippen LogP contribution in [0.25, 0.3) is 5.69 Å². The molecule has 108 valence electrons. The van der Waals surface area contributed by atoms with Gasteiger partial charge in [-0.2, -0.15) is 4.68 Å². The number of nitrogens with zero attached hydrogens (tertiary/aromatic N) is 4. The van der Waals surface area contributed by atoms with Gasteiger partial charge in [-0.15, -0.1) is 5.10 Å². The van der Waals surface area contributed by atoms with Crippen LogP contribution in [0.1, 0.15) is 5.82 Å². The second-order valence-corrected chi connectivity index (χ2v) is 3.99. The van der Waals surface area contributed by atoms with Gasteiger partial charge in [-0.1, -0.05) is 0 Å². The van der Waals surface area contributed by atoms with Crippen LogP contribution in [0.5, 0.6) is 5.75 Å². The van der Waals surface area contributed by atoms with E-state index in [4.69, 9.17) is 9.47 Å². The maximum absolute atomic E-state index is 13.9. The van der Waals surface area contributed by atoms with E-state index in [1.54, 1.807) is 19.2 Å². The number of nitrogens with one attached hydrogen (secondary N) is 1. The minimum absolute atomic E-state index is 0.248. The zero-order chi connectivity index (χ0) is 14.4. The van der Waals surface area contributed by atoms with E-state index < -0.39 is 5.82 Å². The van der Waals surface area contributed by atoms with Crippen LogP contribution in [0.3, 0.4) is 0 Å². The molecule has 0 aliphatic rings. The van der Waals surface area contributed by atoms with Gasteiger partial charge in [-0.05, 0) is 22.6 Å². The fourth-order valence-corrected chi connectivity index (χ4v) is 1.66. The van der Waals surface area contributed by atoms with Crippen molar-refractivity contribution in [3.63, 3.8) is 0 Å². The first kappa shape index (κ1) is 14.4. The summed E-state index contributed by atoms with van der Waals surface area (Å²) in [6.07, 6.45) is 0. The summed E-state index contributed by atoms with van der Waals surface area (Å²) in [5, 5.41) is 14.4. The Morgan fingerprint density at radius 3 is 2.95 bits per heavy atom. The van der Waals surface area contributed by atoms with Crippen LogP contribution in [0, 0.1) is 5.82 Å². The predicted octanol–water partition coefficient (Wildman–Crippen LogP) is 0.546. The molecule has 7 nitrogen and oxygen atoms in total. The fraction of sp³-hybridized carbons (Fsp3) is 0.417. The van der Waals surface area contributed by atoms with E-state index in [9.17, 15) is 4.39 Å². The normalized spacial score (nSPS) is 10.8. The van der Waals surface area contributed by atoms with Gasteiger partial charge in [0, 0.05) is 19.7 Å². The number of tetrazole rings is 1. The molecular weight excluding hydrogens is 265 g/mol. The lowest BCUT2D eigenvalue weighted by Gasteiger charge is -2.08. The summed E-state index contributed by atoms with van der Waals surface area (Å²) in [7, 11) is 3.14. The summed E-state index contributed by atoms with van der Waals surface area (Å²) < 4.78 is 25.2. The minimum Gasteiger partial charge on any atom is -0.497 e. The van der Waals surface area contributed by atoms with Crippen LogP contribution in [-0.4, -0.2) is 47.6 Å². The van der Waals surface area contributed by atoms with E-state index >= 15 is 0 Å². The van der Waals surface area contributed by atoms with Crippen LogP contribution in [0.4, 0.5) is 4.39 Å². The predicted molar refractivity (Wildman–Crippen MR) is 69.2 cm³/mol. The van der Waals surface area contributed by atoms with Crippen LogP contribution in [0.15, 0.2) is 18.2 Å². The number of methoxy groups -OCH3 is 2. The maximum atomic E-state index is 13.9. The van der Waals surface area contributed by atoms with Crippen LogP contribution < -0.4 is 10.1 Å². The Labute approximate surface area is 115 Å². The molecule has 0 atom stereocenters. The van der Waals surface area contributed by atoms with Crippen LogP contribution in [-0.2, 0) is 11.3 Å². The van der Waals surface area contributed by atoms with E-state index in [-0.39, 0.29) is 5.69 Å². The largest absolute Gasteiger partial charge is 0.497 e. The first-order valence-electron chi connectivity index (χ1n) is 6.07. The standard InChI is InChI=1S/C12H16FN5O2/c1-19-6-5-14-8-12-15-16-17-18(12)11-7-9(20-2)3-4-10(11)13/h3-4,7,14H,5-6,8H2,1-2H3. The molecule has 0 saturated heterocycles. The number of hydrogen-bond acceptors (Lipinski definition) is 6. The molecule has 0 radical (unpaired) electrons. The van der Waals surface area contributed by atoms with E-state index in [1.807, 2.05) is 0 Å². The Morgan fingerprint density at radius 1 is 1.35 bits per heavy atom. The smallest absolute Gasteiger partial charge is 0.170 e. The molecule has 0 fully saturated rings. The van der Waals surface area contributed by atoms with Gasteiger partial charge in [0.1, 0.15) is 17.3 Å². The van der Waals surface area contributed by atoms with Gasteiger partial charge in [0.15, 0.2) is 5.82 Å². The molecule has 0 unspecified atom stereocenters. The topological polar surface area (TPSA) is 74.1 Å². The maximum Gasteiger partial charge on any atom is 0.170 e. The Balaban J connectivity index is 2.18. The van der Waals surface area contributed by atoms with Crippen molar-refractivity contribution in [2.45, 2.75) is 6.54 Å². The summed E-state index contributed by atoms with van der Waals surface area (Å²) in [5.41, 5.74) is 0.248. The third-order valence-corrected chi connectivity index (χ3v) is 2.68. The molecule has 1 aromatic heterocycles. The SMILES string of the molecule is COCCNCc1nnnn1-c1cc(OC)ccc1F. The zero-order valence-electron chi connectivity index (χ0n) is 11.3. The number of aromatic nitrogens is 4. The highest BCUT2D eigenvalue weighted by molar-refractivity contribution is 5.40. The van der Waals surface area contributed by atoms with Gasteiger partial charge < -0.3 is 14.8 Å². The average molecular weight is 281 g/mol. The summed E-state index contributed by atoms with van der Waals surface area (Å²) in [4.78, 5) is 0. The molecular formula is C12H16FN5O2. The highest BCUT2D eigenvalue weighted by Gasteiger charge is 2.13. The van der Waals surface area contributed by atoms with Crippen molar-refractivity contribution >= 4 is 0 Å². The molecule has 0 amide bonds. The Morgan fingerprint density at radius 2 is 2.20 bits per heavy atom. The van der Waals surface area contributed by atoms with E-state index in [2.05, 4.69) is 20.8 Å². The Hall–Kier alpha value is -2.06. The molecule has 2 rings (SSSR count). The first-order valence-corrected chi connectivity index (χ1v) is 6.07. The number of hydrogen-bond donors (Lipinski definition) is 1. The van der Waals surface area contributed by atoms with Gasteiger partial charge >= 0.3 is 0 Å². The first-order chi connectivity index (χ1) is 9.76. The lowest BCUT2D eigenvalue weighted by atomic mass is 10.3. The molecule has 0 aliphatic carbocycles. The van der Waals surface area contributed by atoms with E-state index in [0.717, 1.165) is 0 Å². The lowest BCUT2D eigenvalue weighted by molar-refractivity contribution is 0.199. The van der Waals surface area contributed by atoms with Gasteiger partial charge in [0.05, 0.1) is 20.3 Å². The number of rotatable bonds is 7. The van der Waals surface area contributed by atoms with Gasteiger partial charge in [-0.25, -0.2) is 4.39 Å².